The molecule has 0 bridgehead atoms. The molecule has 2 unspecified atom stereocenters. The number of sulfonamides is 1. The quantitative estimate of drug-likeness (QED) is 0.754. The number of H-pyrrole nitrogens is 1. The van der Waals surface area contributed by atoms with Crippen LogP contribution in [0.2, 0.25) is 0 Å². The van der Waals surface area contributed by atoms with Gasteiger partial charge in [0.25, 0.3) is 0 Å². The average molecular weight is 301 g/mol. The summed E-state index contributed by atoms with van der Waals surface area (Å²) in [4.78, 5) is 10.8. The Hall–Kier alpha value is -1.41. The molecule has 1 aliphatic carbocycles. The minimum absolute atomic E-state index is 0.231. The fourth-order valence-electron chi connectivity index (χ4n) is 2.71. The van der Waals surface area contributed by atoms with Gasteiger partial charge in [0.15, 0.2) is 5.69 Å². The topological polar surface area (TPSA) is 112 Å². The second-order valence-electron chi connectivity index (χ2n) is 5.35. The molecule has 0 aliphatic heterocycles. The first kappa shape index (κ1) is 15.0. The maximum Gasteiger partial charge on any atom is 0.357 e. The Balaban J connectivity index is 2.18. The molecule has 8 heteroatoms. The maximum atomic E-state index is 12.3. The van der Waals surface area contributed by atoms with Crippen LogP contribution in [0.4, 0.5) is 0 Å². The van der Waals surface area contributed by atoms with E-state index in [1.807, 2.05) is 0 Å². The van der Waals surface area contributed by atoms with Gasteiger partial charge in [-0.1, -0.05) is 19.8 Å². The van der Waals surface area contributed by atoms with Crippen molar-refractivity contribution in [2.45, 2.75) is 38.0 Å². The van der Waals surface area contributed by atoms with E-state index < -0.39 is 21.7 Å². The normalized spacial score (nSPS) is 23.1. The zero-order chi connectivity index (χ0) is 14.9. The molecule has 0 aromatic carbocycles. The van der Waals surface area contributed by atoms with Crippen LogP contribution < -0.4 is 4.72 Å². The van der Waals surface area contributed by atoms with Gasteiger partial charge in [0.1, 0.15) is 4.90 Å². The lowest BCUT2D eigenvalue weighted by Crippen LogP contribution is -2.31. The van der Waals surface area contributed by atoms with Crippen LogP contribution in [0.25, 0.3) is 0 Å². The fourth-order valence-corrected chi connectivity index (χ4v) is 4.12. The molecule has 1 saturated carbocycles. The first-order valence-electron chi connectivity index (χ1n) is 6.61. The van der Waals surface area contributed by atoms with Crippen molar-refractivity contribution in [3.05, 3.63) is 11.4 Å². The lowest BCUT2D eigenvalue weighted by Gasteiger charge is -2.16. The van der Waals surface area contributed by atoms with Gasteiger partial charge in [0.05, 0.1) is 5.69 Å². The number of carboxylic acid groups (broad SMARTS) is 1. The summed E-state index contributed by atoms with van der Waals surface area (Å²) in [6.07, 6.45) is 3.22. The van der Waals surface area contributed by atoms with Crippen molar-refractivity contribution in [3.8, 4) is 0 Å². The van der Waals surface area contributed by atoms with Gasteiger partial charge in [-0.15, -0.1) is 0 Å². The van der Waals surface area contributed by atoms with E-state index >= 15 is 0 Å². The Morgan fingerprint density at radius 2 is 2.20 bits per heavy atom. The summed E-state index contributed by atoms with van der Waals surface area (Å²) in [6, 6.07) is 0. The second-order valence-corrected chi connectivity index (χ2v) is 7.06. The van der Waals surface area contributed by atoms with Crippen molar-refractivity contribution in [2.75, 3.05) is 6.54 Å². The molecule has 0 radical (unpaired) electrons. The van der Waals surface area contributed by atoms with Crippen LogP contribution in [0.5, 0.6) is 0 Å². The molecule has 0 saturated heterocycles. The highest BCUT2D eigenvalue weighted by Crippen LogP contribution is 2.31. The molecule has 1 aliphatic rings. The molecule has 2 atom stereocenters. The predicted octanol–water partition coefficient (Wildman–Crippen LogP) is 1.13. The highest BCUT2D eigenvalue weighted by molar-refractivity contribution is 7.89. The van der Waals surface area contributed by atoms with Crippen LogP contribution in [0.15, 0.2) is 4.90 Å². The smallest absolute Gasteiger partial charge is 0.357 e. The highest BCUT2D eigenvalue weighted by Gasteiger charge is 2.30. The predicted molar refractivity (Wildman–Crippen MR) is 72.0 cm³/mol. The number of nitrogens with one attached hydrogen (secondary N) is 2. The molecule has 0 amide bonds. The van der Waals surface area contributed by atoms with E-state index in [1.165, 1.54) is 6.92 Å². The number of carboxylic acids is 1. The minimum Gasteiger partial charge on any atom is -0.476 e. The highest BCUT2D eigenvalue weighted by atomic mass is 32.2. The monoisotopic (exact) mass is 301 g/mol. The second kappa shape index (κ2) is 5.53. The van der Waals surface area contributed by atoms with E-state index in [4.69, 9.17) is 5.11 Å². The molecule has 1 fully saturated rings. The Morgan fingerprint density at radius 1 is 1.50 bits per heavy atom. The van der Waals surface area contributed by atoms with Gasteiger partial charge in [-0.2, -0.15) is 5.10 Å². The zero-order valence-corrected chi connectivity index (χ0v) is 12.3. The first-order valence-corrected chi connectivity index (χ1v) is 8.09. The molecule has 0 spiro atoms. The van der Waals surface area contributed by atoms with Gasteiger partial charge in [-0.05, 0) is 25.2 Å². The number of aromatic amines is 1. The number of aromatic nitrogens is 2. The van der Waals surface area contributed by atoms with E-state index in [9.17, 15) is 13.2 Å². The van der Waals surface area contributed by atoms with Gasteiger partial charge < -0.3 is 5.11 Å². The molecular formula is C12H19N3O4S. The Kier molecular flexibility index (Phi) is 4.14. The molecule has 1 heterocycles. The van der Waals surface area contributed by atoms with E-state index in [0.29, 0.717) is 18.4 Å². The largest absolute Gasteiger partial charge is 0.476 e. The summed E-state index contributed by atoms with van der Waals surface area (Å²) < 4.78 is 27.1. The van der Waals surface area contributed by atoms with Gasteiger partial charge in [-0.25, -0.2) is 17.9 Å². The van der Waals surface area contributed by atoms with Gasteiger partial charge in [-0.3, -0.25) is 5.10 Å². The van der Waals surface area contributed by atoms with Gasteiger partial charge >= 0.3 is 5.97 Å². The van der Waals surface area contributed by atoms with Crippen LogP contribution in [-0.4, -0.2) is 36.2 Å². The molecule has 20 heavy (non-hydrogen) atoms. The molecule has 7 nitrogen and oxygen atoms in total. The van der Waals surface area contributed by atoms with E-state index in [-0.39, 0.29) is 10.6 Å². The van der Waals surface area contributed by atoms with Crippen LogP contribution in [0, 0.1) is 18.8 Å². The van der Waals surface area contributed by atoms with Crippen molar-refractivity contribution in [1.29, 1.82) is 0 Å². The van der Waals surface area contributed by atoms with Crippen molar-refractivity contribution >= 4 is 16.0 Å². The van der Waals surface area contributed by atoms with Crippen LogP contribution >= 0.6 is 0 Å². The van der Waals surface area contributed by atoms with Gasteiger partial charge in [0.2, 0.25) is 10.0 Å². The number of aryl methyl sites for hydroxylation is 1. The number of hydrogen-bond donors (Lipinski definition) is 3. The summed E-state index contributed by atoms with van der Waals surface area (Å²) in [7, 11) is -3.86. The summed E-state index contributed by atoms with van der Waals surface area (Å²) in [5.41, 5.74) is -0.233. The summed E-state index contributed by atoms with van der Waals surface area (Å²) in [5, 5.41) is 14.9. The third-order valence-electron chi connectivity index (χ3n) is 3.94. The average Bonchev–Trinajstić information content (AvgIpc) is 2.93. The molecule has 3 N–H and O–H groups in total. The standard InChI is InChI=1S/C12H19N3O4S/c1-7-4-3-5-9(7)6-13-20(18,19)11-8(2)14-15-10(11)12(16)17/h7,9,13H,3-6H2,1-2H3,(H,14,15)(H,16,17). The lowest BCUT2D eigenvalue weighted by atomic mass is 9.99. The Morgan fingerprint density at radius 3 is 2.75 bits per heavy atom. The van der Waals surface area contributed by atoms with Crippen molar-refractivity contribution in [2.24, 2.45) is 11.8 Å². The lowest BCUT2D eigenvalue weighted by molar-refractivity contribution is 0.0686. The summed E-state index contributed by atoms with van der Waals surface area (Å²) in [6.45, 7) is 3.94. The van der Waals surface area contributed by atoms with Crippen molar-refractivity contribution in [1.82, 2.24) is 14.9 Å². The van der Waals surface area contributed by atoms with E-state index in [0.717, 1.165) is 19.3 Å². The summed E-state index contributed by atoms with van der Waals surface area (Å²) >= 11 is 0. The fraction of sp³-hybridized carbons (Fsp3) is 0.667. The zero-order valence-electron chi connectivity index (χ0n) is 11.5. The molecule has 112 valence electrons. The van der Waals surface area contributed by atoms with E-state index in [1.54, 1.807) is 0 Å². The first-order chi connectivity index (χ1) is 9.33. The minimum atomic E-state index is -3.86. The van der Waals surface area contributed by atoms with Crippen molar-refractivity contribution < 1.29 is 18.3 Å². The summed E-state index contributed by atoms with van der Waals surface area (Å²) in [5.74, 6) is -0.559. The van der Waals surface area contributed by atoms with Crippen LogP contribution in [0.3, 0.4) is 0 Å². The Bertz CT molecular complexity index is 608. The van der Waals surface area contributed by atoms with Crippen LogP contribution in [-0.2, 0) is 10.0 Å². The molecule has 2 rings (SSSR count). The SMILES string of the molecule is Cc1[nH]nc(C(=O)O)c1S(=O)(=O)NCC1CCCC1C. The molecule has 1 aromatic rings. The van der Waals surface area contributed by atoms with Crippen molar-refractivity contribution in [3.63, 3.8) is 0 Å². The number of carbonyl (C=O) groups is 1. The molecule has 1 aromatic heterocycles. The maximum absolute atomic E-state index is 12.3. The van der Waals surface area contributed by atoms with Gasteiger partial charge in [0, 0.05) is 6.54 Å². The number of hydrogen-bond acceptors (Lipinski definition) is 4. The molecular weight excluding hydrogens is 282 g/mol. The number of nitrogens with zero attached hydrogens (tertiary/aromatic N) is 1. The van der Waals surface area contributed by atoms with E-state index in [2.05, 4.69) is 21.8 Å². The third-order valence-corrected chi connectivity index (χ3v) is 5.52. The Labute approximate surface area is 117 Å². The number of rotatable bonds is 5. The third kappa shape index (κ3) is 2.85. The number of aromatic carboxylic acids is 1. The van der Waals surface area contributed by atoms with Crippen LogP contribution in [0.1, 0.15) is 42.4 Å².